The number of nitrogens with one attached hydrogen (secondary N) is 2. The van der Waals surface area contributed by atoms with Crippen molar-refractivity contribution in [3.05, 3.63) is 35.0 Å². The summed E-state index contributed by atoms with van der Waals surface area (Å²) in [6.07, 6.45) is 8.41. The van der Waals surface area contributed by atoms with Gasteiger partial charge in [-0.05, 0) is 88.2 Å². The van der Waals surface area contributed by atoms with Crippen molar-refractivity contribution in [3.63, 3.8) is 0 Å². The first-order valence-electron chi connectivity index (χ1n) is 16.6. The maximum atomic E-state index is 14.1. The van der Waals surface area contributed by atoms with Crippen molar-refractivity contribution in [2.45, 2.75) is 68.8 Å². The Morgan fingerprint density at radius 1 is 1.19 bits per heavy atom. The van der Waals surface area contributed by atoms with E-state index in [2.05, 4.69) is 25.5 Å². The molecule has 1 aromatic rings. The van der Waals surface area contributed by atoms with E-state index in [1.165, 1.54) is 6.20 Å². The number of carbonyl (C=O) groups excluding carboxylic acids is 3. The number of hydrogen-bond acceptors (Lipinski definition) is 8. The van der Waals surface area contributed by atoms with Crippen LogP contribution in [-0.4, -0.2) is 109 Å². The van der Waals surface area contributed by atoms with Crippen LogP contribution in [0.15, 0.2) is 39.4 Å². The number of benzene rings is 1. The number of amides is 2. The molecule has 3 aliphatic rings. The van der Waals surface area contributed by atoms with Crippen LogP contribution in [0.3, 0.4) is 0 Å². The quantitative estimate of drug-likeness (QED) is 0.146. The van der Waals surface area contributed by atoms with Gasteiger partial charge in [0, 0.05) is 56.3 Å². The van der Waals surface area contributed by atoms with Crippen molar-refractivity contribution in [2.75, 3.05) is 58.0 Å². The number of halogens is 2. The number of piperazine rings is 1. The Balaban J connectivity index is 1.19. The van der Waals surface area contributed by atoms with Gasteiger partial charge in [-0.3, -0.25) is 19.5 Å². The molecule has 1 atom stereocenters. The molecule has 48 heavy (non-hydrogen) atoms. The van der Waals surface area contributed by atoms with Gasteiger partial charge in [0.15, 0.2) is 11.5 Å². The summed E-state index contributed by atoms with van der Waals surface area (Å²) < 4.78 is 19.2. The average molecular weight is 706 g/mol. The van der Waals surface area contributed by atoms with Crippen molar-refractivity contribution in [2.24, 2.45) is 27.6 Å². The molecule has 1 aromatic carbocycles. The van der Waals surface area contributed by atoms with Crippen LogP contribution in [0.1, 0.15) is 62.7 Å². The molecule has 4 rings (SSSR count). The Bertz CT molecular complexity index is 1390. The van der Waals surface area contributed by atoms with Gasteiger partial charge in [-0.25, -0.2) is 9.38 Å². The third-order valence-electron chi connectivity index (χ3n) is 9.53. The topological polar surface area (TPSA) is 142 Å². The number of anilines is 1. The highest BCUT2D eigenvalue weighted by Gasteiger charge is 2.52. The Morgan fingerprint density at radius 3 is 2.44 bits per heavy atom. The lowest BCUT2D eigenvalue weighted by Gasteiger charge is -2.38. The molecular formula is C34H49ClFN7O4S. The molecular weight excluding hydrogens is 657 g/mol. The average Bonchev–Trinajstić information content (AvgIpc) is 3.86. The third-order valence-corrected chi connectivity index (χ3v) is 11.4. The number of amidine groups is 1. The summed E-state index contributed by atoms with van der Waals surface area (Å²) in [4.78, 5) is 49.6. The minimum Gasteiger partial charge on any atom is -0.495 e. The standard InChI is InChI=1S/C34H49ClFN7O4S/c1-33(2,29(20-44)41-32(46)34(36)11-12-34)48-21-24-7-5-23(6-8-24)19-42-13-15-43(16-14-42)31(45)25-9-10-27(28(17-25)47-4)39-18-26(35)30(38-3)40-22-37/h9-10,17-18,20,22-24,29,39H,5-8,11-16,19,21H2,1-4H3,(H,41,46)(H2,37,38,40)/b26-18+. The summed E-state index contributed by atoms with van der Waals surface area (Å²) >= 11 is 7.95. The Labute approximate surface area is 292 Å². The van der Waals surface area contributed by atoms with E-state index in [-0.39, 0.29) is 29.6 Å². The highest BCUT2D eigenvalue weighted by Crippen LogP contribution is 2.41. The zero-order valence-electron chi connectivity index (χ0n) is 28.3. The maximum absolute atomic E-state index is 14.1. The second-order valence-corrected chi connectivity index (χ2v) is 15.4. The summed E-state index contributed by atoms with van der Waals surface area (Å²) in [6.45, 7) is 7.93. The Morgan fingerprint density at radius 2 is 1.85 bits per heavy atom. The fourth-order valence-corrected chi connectivity index (χ4v) is 7.59. The minimum atomic E-state index is -1.79. The number of nitrogens with zero attached hydrogens (tertiary/aromatic N) is 4. The number of methoxy groups -OCH3 is 1. The van der Waals surface area contributed by atoms with Crippen molar-refractivity contribution in [3.8, 4) is 5.75 Å². The summed E-state index contributed by atoms with van der Waals surface area (Å²) in [7, 11) is 3.11. The molecule has 11 nitrogen and oxygen atoms in total. The van der Waals surface area contributed by atoms with Crippen molar-refractivity contribution >= 4 is 59.3 Å². The maximum Gasteiger partial charge on any atom is 0.258 e. The van der Waals surface area contributed by atoms with Crippen LogP contribution in [-0.2, 0) is 9.59 Å². The van der Waals surface area contributed by atoms with E-state index in [1.54, 1.807) is 44.1 Å². The van der Waals surface area contributed by atoms with Crippen molar-refractivity contribution < 1.29 is 23.5 Å². The van der Waals surface area contributed by atoms with Crippen LogP contribution in [0.25, 0.3) is 0 Å². The molecule has 1 aliphatic heterocycles. The lowest BCUT2D eigenvalue weighted by Crippen LogP contribution is -2.51. The summed E-state index contributed by atoms with van der Waals surface area (Å²) in [5.41, 5.74) is 4.75. The van der Waals surface area contributed by atoms with Crippen LogP contribution in [0.4, 0.5) is 10.1 Å². The number of ether oxygens (including phenoxy) is 1. The molecule has 0 bridgehead atoms. The second kappa shape index (κ2) is 17.0. The van der Waals surface area contributed by atoms with Gasteiger partial charge in [-0.1, -0.05) is 11.6 Å². The predicted molar refractivity (Wildman–Crippen MR) is 192 cm³/mol. The number of thioether (sulfide) groups is 1. The molecule has 1 saturated heterocycles. The van der Waals surface area contributed by atoms with Gasteiger partial charge in [0.2, 0.25) is 0 Å². The van der Waals surface area contributed by atoms with Crippen LogP contribution in [0, 0.1) is 11.8 Å². The molecule has 0 spiro atoms. The molecule has 264 valence electrons. The van der Waals surface area contributed by atoms with E-state index in [9.17, 15) is 18.8 Å². The van der Waals surface area contributed by atoms with Gasteiger partial charge in [0.05, 0.1) is 25.2 Å². The molecule has 1 heterocycles. The lowest BCUT2D eigenvalue weighted by atomic mass is 9.82. The van der Waals surface area contributed by atoms with Gasteiger partial charge in [-0.2, -0.15) is 11.8 Å². The molecule has 2 aliphatic carbocycles. The minimum absolute atomic E-state index is 0.0279. The van der Waals surface area contributed by atoms with Crippen molar-refractivity contribution in [1.29, 1.82) is 0 Å². The second-order valence-electron chi connectivity index (χ2n) is 13.3. The zero-order chi connectivity index (χ0) is 34.9. The number of alkyl halides is 1. The number of aldehydes is 1. The number of nitrogens with two attached hydrogens (primary N) is 1. The van der Waals surface area contributed by atoms with E-state index < -0.39 is 22.4 Å². The van der Waals surface area contributed by atoms with Gasteiger partial charge in [0.25, 0.3) is 11.8 Å². The van der Waals surface area contributed by atoms with E-state index in [0.717, 1.165) is 63.7 Å². The molecule has 0 aromatic heterocycles. The van der Waals surface area contributed by atoms with Gasteiger partial charge in [0.1, 0.15) is 17.1 Å². The van der Waals surface area contributed by atoms with E-state index in [4.69, 9.17) is 22.1 Å². The fraction of sp³-hybridized carbons (Fsp3) is 0.618. The molecule has 2 amide bonds. The highest BCUT2D eigenvalue weighted by atomic mass is 35.5. The Kier molecular flexibility index (Phi) is 13.3. The van der Waals surface area contributed by atoms with Gasteiger partial charge >= 0.3 is 0 Å². The summed E-state index contributed by atoms with van der Waals surface area (Å²) in [5.74, 6) is 2.18. The monoisotopic (exact) mass is 705 g/mol. The Hall–Kier alpha value is -3.16. The molecule has 1 unspecified atom stereocenters. The predicted octanol–water partition coefficient (Wildman–Crippen LogP) is 4.46. The summed E-state index contributed by atoms with van der Waals surface area (Å²) in [5, 5.41) is 5.98. The number of aliphatic imine (C=N–C) groups is 2. The normalized spacial score (nSPS) is 22.7. The largest absolute Gasteiger partial charge is 0.495 e. The van der Waals surface area contributed by atoms with E-state index >= 15 is 0 Å². The van der Waals surface area contributed by atoms with Gasteiger partial charge in [-0.15, -0.1) is 0 Å². The SMILES string of the molecule is CN=C(N=CN)/C(Cl)=C\Nc1ccc(C(=O)N2CCN(CC3CCC(CSC(C)(C)C(C=O)NC(=O)C4(F)CC4)CC3)CC2)cc1OC. The van der Waals surface area contributed by atoms with Crippen molar-refractivity contribution in [1.82, 2.24) is 15.1 Å². The fourth-order valence-electron chi connectivity index (χ4n) is 6.11. The first-order chi connectivity index (χ1) is 22.9. The molecule has 0 radical (unpaired) electrons. The first kappa shape index (κ1) is 37.7. The third kappa shape index (κ3) is 9.94. The van der Waals surface area contributed by atoms with E-state index in [1.807, 2.05) is 18.7 Å². The van der Waals surface area contributed by atoms with Gasteiger partial charge < -0.3 is 30.8 Å². The number of rotatable bonds is 14. The van der Waals surface area contributed by atoms with Crippen LogP contribution < -0.4 is 21.1 Å². The zero-order valence-corrected chi connectivity index (χ0v) is 29.9. The molecule has 3 fully saturated rings. The van der Waals surface area contributed by atoms with Crippen LogP contribution >= 0.6 is 23.4 Å². The summed E-state index contributed by atoms with van der Waals surface area (Å²) in [6, 6.07) is 4.56. The van der Waals surface area contributed by atoms with Crippen LogP contribution in [0.5, 0.6) is 5.75 Å². The highest BCUT2D eigenvalue weighted by molar-refractivity contribution is 8.00. The smallest absolute Gasteiger partial charge is 0.258 e. The molecule has 4 N–H and O–H groups in total. The molecule has 2 saturated carbocycles. The first-order valence-corrected chi connectivity index (χ1v) is 17.9. The molecule has 14 heteroatoms. The number of carbonyl (C=O) groups is 3. The number of hydrogen-bond donors (Lipinski definition) is 3. The van der Waals surface area contributed by atoms with E-state index in [0.29, 0.717) is 41.9 Å². The lowest BCUT2D eigenvalue weighted by molar-refractivity contribution is -0.130. The van der Waals surface area contributed by atoms with Crippen LogP contribution in [0.2, 0.25) is 0 Å².